The molecular formula is C31H54N4O4. The number of likely N-dealkylation sites (tertiary alicyclic amines) is 1. The van der Waals surface area contributed by atoms with Crippen molar-refractivity contribution in [3.63, 3.8) is 0 Å². The van der Waals surface area contributed by atoms with Crippen molar-refractivity contribution in [2.24, 2.45) is 10.9 Å². The summed E-state index contributed by atoms with van der Waals surface area (Å²) in [6.07, 6.45) is 2.79. The molecule has 8 nitrogen and oxygen atoms in total. The van der Waals surface area contributed by atoms with E-state index in [9.17, 15) is 14.4 Å². The predicted octanol–water partition coefficient (Wildman–Crippen LogP) is 5.56. The van der Waals surface area contributed by atoms with Gasteiger partial charge in [0.2, 0.25) is 12.3 Å². The Labute approximate surface area is 237 Å². The number of allylic oxidation sites excluding steroid dienone is 2. The monoisotopic (exact) mass is 546 g/mol. The van der Waals surface area contributed by atoms with E-state index >= 15 is 0 Å². The summed E-state index contributed by atoms with van der Waals surface area (Å²) in [5.41, 5.74) is 4.09. The molecule has 1 aliphatic rings. The van der Waals surface area contributed by atoms with Crippen LogP contribution >= 0.6 is 0 Å². The van der Waals surface area contributed by atoms with E-state index in [4.69, 9.17) is 0 Å². The molecule has 8 heteroatoms. The zero-order valence-corrected chi connectivity index (χ0v) is 26.3. The van der Waals surface area contributed by atoms with Gasteiger partial charge in [0.15, 0.2) is 0 Å². The minimum Gasteiger partial charge on any atom is -0.462 e. The maximum atomic E-state index is 11.8. The van der Waals surface area contributed by atoms with Crippen molar-refractivity contribution in [2.75, 3.05) is 27.2 Å². The van der Waals surface area contributed by atoms with Crippen molar-refractivity contribution in [1.29, 1.82) is 0 Å². The highest BCUT2D eigenvalue weighted by Gasteiger charge is 2.27. The van der Waals surface area contributed by atoms with Crippen LogP contribution in [-0.2, 0) is 25.7 Å². The maximum Gasteiger partial charge on any atom is 0.293 e. The number of aliphatic imine (C=N–C) groups is 1. The van der Waals surface area contributed by atoms with Crippen LogP contribution in [0.3, 0.4) is 0 Å². The number of hydrogen-bond acceptors (Lipinski definition) is 6. The van der Waals surface area contributed by atoms with Crippen molar-refractivity contribution >= 4 is 31.1 Å². The molecule has 0 radical (unpaired) electrons. The fraction of sp³-hybridized carbons (Fsp3) is 0.613. The minimum atomic E-state index is -0.318. The molecule has 2 unspecified atom stereocenters. The van der Waals surface area contributed by atoms with Crippen LogP contribution in [0.1, 0.15) is 86.3 Å². The number of hydrogen-bond donors (Lipinski definition) is 1. The van der Waals surface area contributed by atoms with E-state index in [0.717, 1.165) is 42.8 Å². The first-order valence-corrected chi connectivity index (χ1v) is 13.8. The second-order valence-electron chi connectivity index (χ2n) is 10.4. The Balaban J connectivity index is 0. The number of ether oxygens (including phenoxy) is 1. The highest BCUT2D eigenvalue weighted by atomic mass is 16.5. The quantitative estimate of drug-likeness (QED) is 0.323. The predicted molar refractivity (Wildman–Crippen MR) is 164 cm³/mol. The molecule has 0 saturated carbocycles. The summed E-state index contributed by atoms with van der Waals surface area (Å²) in [4.78, 5) is 39.5. The molecule has 2 rings (SSSR count). The zero-order chi connectivity index (χ0) is 30.6. The third kappa shape index (κ3) is 16.5. The van der Waals surface area contributed by atoms with Crippen LogP contribution in [0.25, 0.3) is 5.57 Å². The molecule has 0 spiro atoms. The van der Waals surface area contributed by atoms with Gasteiger partial charge in [-0.25, -0.2) is 0 Å². The molecule has 2 atom stereocenters. The summed E-state index contributed by atoms with van der Waals surface area (Å²) < 4.78 is 4.55. The molecule has 1 fully saturated rings. The summed E-state index contributed by atoms with van der Waals surface area (Å²) in [5.74, 6) is 0.952. The van der Waals surface area contributed by atoms with E-state index in [0.29, 0.717) is 25.3 Å². The Hall–Kier alpha value is -3.00. The number of carbonyl (C=O) groups is 3. The number of likely N-dealkylation sites (N-methyl/N-ethyl adjacent to an activating group) is 1. The lowest BCUT2D eigenvalue weighted by Crippen LogP contribution is -2.43. The van der Waals surface area contributed by atoms with Crippen LogP contribution in [0, 0.1) is 5.92 Å². The zero-order valence-electron chi connectivity index (χ0n) is 26.3. The molecule has 1 N–H and O–H groups in total. The Morgan fingerprint density at radius 2 is 1.79 bits per heavy atom. The number of rotatable bonds is 9. The van der Waals surface area contributed by atoms with Crippen molar-refractivity contribution in [3.05, 3.63) is 41.1 Å². The largest absolute Gasteiger partial charge is 0.462 e. The highest BCUT2D eigenvalue weighted by molar-refractivity contribution is 5.81. The molecule has 0 bridgehead atoms. The second-order valence-corrected chi connectivity index (χ2v) is 10.4. The van der Waals surface area contributed by atoms with Gasteiger partial charge in [0.1, 0.15) is 5.60 Å². The van der Waals surface area contributed by atoms with Gasteiger partial charge in [-0.05, 0) is 90.9 Å². The van der Waals surface area contributed by atoms with E-state index < -0.39 is 0 Å². The van der Waals surface area contributed by atoms with Gasteiger partial charge in [-0.1, -0.05) is 52.0 Å². The Kier molecular flexibility index (Phi) is 20.4. The fourth-order valence-electron chi connectivity index (χ4n) is 3.51. The first kappa shape index (κ1) is 38.1. The van der Waals surface area contributed by atoms with Crippen molar-refractivity contribution in [2.45, 2.75) is 93.3 Å². The van der Waals surface area contributed by atoms with Crippen LogP contribution in [0.4, 0.5) is 0 Å². The summed E-state index contributed by atoms with van der Waals surface area (Å²) in [5, 5.41) is 2.64. The molecule has 1 aromatic carbocycles. The van der Waals surface area contributed by atoms with Gasteiger partial charge < -0.3 is 15.0 Å². The molecule has 222 valence electrons. The van der Waals surface area contributed by atoms with Gasteiger partial charge >= 0.3 is 0 Å². The normalized spacial score (nSPS) is 15.6. The molecule has 1 heterocycles. The first-order valence-electron chi connectivity index (χ1n) is 13.8. The van der Waals surface area contributed by atoms with E-state index in [1.807, 2.05) is 84.5 Å². The lowest BCUT2D eigenvalue weighted by atomic mass is 10.0. The Morgan fingerprint density at radius 3 is 2.13 bits per heavy atom. The first-order chi connectivity index (χ1) is 18.3. The standard InChI is InChI=1S/C14H18N2O.C10H20N2O.C5H10O2.C2H6/c1-4-14(11(2)15-3)13-7-5-12(6-8-13)9-16-10-17;1-8-5-6-12(7-8)10(13)9(2)11(3)4;1-5(2,3)7-4-6;1-2/h5-8,10H,3-4,9H2,1-2H3,(H,16,17);8-9H,5-7H2,1-4H3;4H,1-3H3;1-2H3/b14-11+;;;. The van der Waals surface area contributed by atoms with Gasteiger partial charge in [0.05, 0.1) is 6.04 Å². The Morgan fingerprint density at radius 1 is 1.23 bits per heavy atom. The molecule has 1 aliphatic heterocycles. The molecule has 1 saturated heterocycles. The number of nitrogens with one attached hydrogen (secondary N) is 1. The summed E-state index contributed by atoms with van der Waals surface area (Å²) in [6, 6.07) is 8.14. The van der Waals surface area contributed by atoms with Gasteiger partial charge in [-0.15, -0.1) is 0 Å². The number of nitrogens with zero attached hydrogens (tertiary/aromatic N) is 3. The SMILES string of the molecule is C=N/C(C)=C(\CC)c1ccc(CNC=O)cc1.CC.CC(C)(C)OC=O.CC1CCN(C(=O)C(C)N(C)C)C1. The van der Waals surface area contributed by atoms with E-state index in [1.165, 1.54) is 5.57 Å². The van der Waals surface area contributed by atoms with Gasteiger partial charge in [-0.2, -0.15) is 0 Å². The molecule has 39 heavy (non-hydrogen) atoms. The van der Waals surface area contributed by atoms with E-state index in [1.54, 1.807) is 0 Å². The summed E-state index contributed by atoms with van der Waals surface area (Å²) in [6.45, 7) is 24.2. The molecule has 2 amide bonds. The molecule has 1 aromatic rings. The second kappa shape index (κ2) is 20.9. The maximum absolute atomic E-state index is 11.8. The topological polar surface area (TPSA) is 91.3 Å². The average molecular weight is 547 g/mol. The third-order valence-corrected chi connectivity index (χ3v) is 5.99. The minimum absolute atomic E-state index is 0.0188. The van der Waals surface area contributed by atoms with Crippen LogP contribution in [-0.4, -0.2) is 74.1 Å². The smallest absolute Gasteiger partial charge is 0.293 e. The summed E-state index contributed by atoms with van der Waals surface area (Å²) in [7, 11) is 3.89. The average Bonchev–Trinajstić information content (AvgIpc) is 3.35. The number of carbonyl (C=O) groups excluding carboxylic acids is 3. The van der Waals surface area contributed by atoms with Gasteiger partial charge in [-0.3, -0.25) is 24.3 Å². The third-order valence-electron chi connectivity index (χ3n) is 5.99. The highest BCUT2D eigenvalue weighted by Crippen LogP contribution is 2.23. The lowest BCUT2D eigenvalue weighted by molar-refractivity contribution is -0.138. The fourth-order valence-corrected chi connectivity index (χ4v) is 3.51. The van der Waals surface area contributed by atoms with Crippen LogP contribution in [0.15, 0.2) is 35.0 Å². The van der Waals surface area contributed by atoms with Crippen molar-refractivity contribution in [1.82, 2.24) is 15.1 Å². The van der Waals surface area contributed by atoms with E-state index in [-0.39, 0.29) is 17.6 Å². The van der Waals surface area contributed by atoms with E-state index in [2.05, 4.69) is 47.7 Å². The van der Waals surface area contributed by atoms with Crippen LogP contribution in [0.5, 0.6) is 0 Å². The van der Waals surface area contributed by atoms with Gasteiger partial charge in [0, 0.05) is 25.3 Å². The summed E-state index contributed by atoms with van der Waals surface area (Å²) >= 11 is 0. The van der Waals surface area contributed by atoms with Crippen LogP contribution in [0.2, 0.25) is 0 Å². The van der Waals surface area contributed by atoms with Gasteiger partial charge in [0.25, 0.3) is 6.47 Å². The Bertz CT molecular complexity index is 874. The lowest BCUT2D eigenvalue weighted by Gasteiger charge is -2.25. The molecule has 0 aromatic heterocycles. The molecule has 0 aliphatic carbocycles. The van der Waals surface area contributed by atoms with Crippen molar-refractivity contribution < 1.29 is 19.1 Å². The van der Waals surface area contributed by atoms with Crippen LogP contribution < -0.4 is 5.32 Å². The molecular weight excluding hydrogens is 492 g/mol. The number of amides is 2. The van der Waals surface area contributed by atoms with Crippen molar-refractivity contribution in [3.8, 4) is 0 Å². The number of benzene rings is 1.